The summed E-state index contributed by atoms with van der Waals surface area (Å²) in [5.41, 5.74) is 1.84. The number of hydrogen-bond acceptors (Lipinski definition) is 2. The third-order valence-corrected chi connectivity index (χ3v) is 4.95. The van der Waals surface area contributed by atoms with Gasteiger partial charge in [0.2, 0.25) is 0 Å². The number of urea groups is 1. The number of carbonyl (C=O) groups excluding carboxylic acids is 1. The summed E-state index contributed by atoms with van der Waals surface area (Å²) in [6, 6.07) is 15.4. The molecule has 0 aromatic heterocycles. The molecule has 0 aliphatic carbocycles. The molecule has 2 amide bonds. The lowest BCUT2D eigenvalue weighted by atomic mass is 10.0. The lowest BCUT2D eigenvalue weighted by Crippen LogP contribution is -2.38. The lowest BCUT2D eigenvalue weighted by Gasteiger charge is -2.31. The minimum Gasteiger partial charge on any atom is -0.492 e. The number of anilines is 1. The van der Waals surface area contributed by atoms with E-state index in [1.807, 2.05) is 60.4 Å². The molecule has 1 atom stereocenters. The Hall–Kier alpha value is -2.20. The fourth-order valence-corrected chi connectivity index (χ4v) is 3.55. The quantitative estimate of drug-likeness (QED) is 0.727. The molecule has 0 unspecified atom stereocenters. The normalized spacial score (nSPS) is 17.5. The Morgan fingerprint density at radius 2 is 1.92 bits per heavy atom. The Morgan fingerprint density at radius 3 is 2.69 bits per heavy atom. The Balaban J connectivity index is 1.81. The summed E-state index contributed by atoms with van der Waals surface area (Å²) in [6.07, 6.45) is 4.24. The monoisotopic (exact) mass is 372 g/mol. The smallest absolute Gasteiger partial charge is 0.322 e. The summed E-state index contributed by atoms with van der Waals surface area (Å²) in [6.45, 7) is 3.24. The van der Waals surface area contributed by atoms with E-state index < -0.39 is 0 Å². The Morgan fingerprint density at radius 1 is 1.15 bits per heavy atom. The van der Waals surface area contributed by atoms with Crippen molar-refractivity contribution in [2.75, 3.05) is 18.5 Å². The number of ether oxygens (including phenoxy) is 1. The summed E-state index contributed by atoms with van der Waals surface area (Å²) in [5, 5.41) is 3.75. The number of likely N-dealkylation sites (tertiary alicyclic amines) is 1. The van der Waals surface area contributed by atoms with Gasteiger partial charge in [0, 0.05) is 11.6 Å². The van der Waals surface area contributed by atoms with Gasteiger partial charge in [0.15, 0.2) is 0 Å². The molecule has 1 fully saturated rings. The van der Waals surface area contributed by atoms with Crippen LogP contribution in [0.1, 0.15) is 44.2 Å². The van der Waals surface area contributed by atoms with Crippen LogP contribution in [0.15, 0.2) is 48.5 Å². The van der Waals surface area contributed by atoms with Crippen molar-refractivity contribution in [3.05, 3.63) is 59.1 Å². The summed E-state index contributed by atoms with van der Waals surface area (Å²) >= 11 is 6.03. The molecule has 3 rings (SSSR count). The van der Waals surface area contributed by atoms with E-state index in [9.17, 15) is 4.79 Å². The molecule has 1 aliphatic heterocycles. The number of halogens is 1. The molecule has 0 radical (unpaired) electrons. The molecule has 138 valence electrons. The maximum absolute atomic E-state index is 13.1. The summed E-state index contributed by atoms with van der Waals surface area (Å²) in [7, 11) is 0. The van der Waals surface area contributed by atoms with Gasteiger partial charge in [0.1, 0.15) is 5.75 Å². The second kappa shape index (κ2) is 8.95. The van der Waals surface area contributed by atoms with Crippen molar-refractivity contribution in [1.82, 2.24) is 4.90 Å². The van der Waals surface area contributed by atoms with E-state index in [-0.39, 0.29) is 12.1 Å². The molecule has 5 heteroatoms. The zero-order valence-electron chi connectivity index (χ0n) is 15.1. The number of para-hydroxylation sites is 2. The summed E-state index contributed by atoms with van der Waals surface area (Å²) < 4.78 is 5.63. The van der Waals surface area contributed by atoms with E-state index in [0.29, 0.717) is 23.1 Å². The van der Waals surface area contributed by atoms with Gasteiger partial charge in [-0.15, -0.1) is 0 Å². The average Bonchev–Trinajstić information content (AvgIpc) is 2.90. The van der Waals surface area contributed by atoms with Crippen molar-refractivity contribution >= 4 is 23.3 Å². The van der Waals surface area contributed by atoms with Crippen molar-refractivity contribution in [1.29, 1.82) is 0 Å². The lowest BCUT2D eigenvalue weighted by molar-refractivity contribution is 0.189. The molecule has 0 bridgehead atoms. The average molecular weight is 373 g/mol. The van der Waals surface area contributed by atoms with Gasteiger partial charge in [-0.3, -0.25) is 0 Å². The molecule has 26 heavy (non-hydrogen) atoms. The minimum absolute atomic E-state index is 0.0639. The summed E-state index contributed by atoms with van der Waals surface area (Å²) in [4.78, 5) is 15.0. The van der Waals surface area contributed by atoms with E-state index in [4.69, 9.17) is 16.3 Å². The first kappa shape index (κ1) is 18.6. The van der Waals surface area contributed by atoms with Crippen LogP contribution in [0.2, 0.25) is 5.02 Å². The highest BCUT2D eigenvalue weighted by Crippen LogP contribution is 2.32. The van der Waals surface area contributed by atoms with Gasteiger partial charge < -0.3 is 15.0 Å². The van der Waals surface area contributed by atoms with Crippen LogP contribution < -0.4 is 10.1 Å². The van der Waals surface area contributed by atoms with Gasteiger partial charge >= 0.3 is 6.03 Å². The zero-order chi connectivity index (χ0) is 18.4. The van der Waals surface area contributed by atoms with Crippen LogP contribution in [0, 0.1) is 0 Å². The number of rotatable bonds is 4. The van der Waals surface area contributed by atoms with Crippen LogP contribution in [0.4, 0.5) is 10.5 Å². The SMILES string of the molecule is CCOc1ccccc1NC(=O)N1CCCCC[C@@H]1c1ccc(Cl)cc1. The fourth-order valence-electron chi connectivity index (χ4n) is 3.42. The number of benzene rings is 2. The number of nitrogens with one attached hydrogen (secondary N) is 1. The van der Waals surface area contributed by atoms with Gasteiger partial charge in [-0.1, -0.05) is 48.7 Å². The van der Waals surface area contributed by atoms with Crippen molar-refractivity contribution in [3.8, 4) is 5.75 Å². The maximum atomic E-state index is 13.1. The number of carbonyl (C=O) groups is 1. The van der Waals surface area contributed by atoms with E-state index in [1.165, 1.54) is 0 Å². The van der Waals surface area contributed by atoms with Gasteiger partial charge in [-0.25, -0.2) is 4.79 Å². The molecule has 2 aromatic carbocycles. The molecule has 1 saturated heterocycles. The van der Waals surface area contributed by atoms with Crippen LogP contribution in [0.3, 0.4) is 0 Å². The molecule has 1 N–H and O–H groups in total. The third-order valence-electron chi connectivity index (χ3n) is 4.70. The highest BCUT2D eigenvalue weighted by atomic mass is 35.5. The molecule has 4 nitrogen and oxygen atoms in total. The van der Waals surface area contributed by atoms with E-state index in [2.05, 4.69) is 5.32 Å². The van der Waals surface area contributed by atoms with Crippen LogP contribution in [-0.4, -0.2) is 24.1 Å². The largest absolute Gasteiger partial charge is 0.492 e. The third kappa shape index (κ3) is 4.50. The first-order chi connectivity index (χ1) is 12.7. The zero-order valence-corrected chi connectivity index (χ0v) is 15.8. The first-order valence-corrected chi connectivity index (χ1v) is 9.61. The van der Waals surface area contributed by atoms with Gasteiger partial charge in [-0.2, -0.15) is 0 Å². The second-order valence-electron chi connectivity index (χ2n) is 6.47. The number of amides is 2. The van der Waals surface area contributed by atoms with E-state index in [1.54, 1.807) is 0 Å². The fraction of sp³-hybridized carbons (Fsp3) is 0.381. The Labute approximate surface area is 160 Å². The van der Waals surface area contributed by atoms with Crippen LogP contribution in [0.5, 0.6) is 5.75 Å². The van der Waals surface area contributed by atoms with E-state index in [0.717, 1.165) is 37.8 Å². The molecule has 1 heterocycles. The predicted octanol–water partition coefficient (Wildman–Crippen LogP) is 5.89. The molecular formula is C21H25ClN2O2. The number of hydrogen-bond donors (Lipinski definition) is 1. The van der Waals surface area contributed by atoms with Gasteiger partial charge in [0.05, 0.1) is 18.3 Å². The Bertz CT molecular complexity index is 733. The van der Waals surface area contributed by atoms with Crippen LogP contribution >= 0.6 is 11.6 Å². The van der Waals surface area contributed by atoms with Crippen molar-refractivity contribution in [2.45, 2.75) is 38.6 Å². The van der Waals surface area contributed by atoms with Crippen LogP contribution in [-0.2, 0) is 0 Å². The minimum atomic E-state index is -0.0843. The molecule has 0 saturated carbocycles. The topological polar surface area (TPSA) is 41.6 Å². The predicted molar refractivity (Wildman–Crippen MR) is 106 cm³/mol. The van der Waals surface area contributed by atoms with E-state index >= 15 is 0 Å². The Kier molecular flexibility index (Phi) is 6.40. The highest BCUT2D eigenvalue weighted by molar-refractivity contribution is 6.30. The van der Waals surface area contributed by atoms with Crippen LogP contribution in [0.25, 0.3) is 0 Å². The first-order valence-electron chi connectivity index (χ1n) is 9.24. The molecule has 2 aromatic rings. The molecule has 1 aliphatic rings. The van der Waals surface area contributed by atoms with Crippen molar-refractivity contribution in [3.63, 3.8) is 0 Å². The summed E-state index contributed by atoms with van der Waals surface area (Å²) in [5.74, 6) is 0.696. The molecular weight excluding hydrogens is 348 g/mol. The maximum Gasteiger partial charge on any atom is 0.322 e. The molecule has 0 spiro atoms. The van der Waals surface area contributed by atoms with Crippen molar-refractivity contribution in [2.24, 2.45) is 0 Å². The van der Waals surface area contributed by atoms with Gasteiger partial charge in [-0.05, 0) is 49.6 Å². The number of nitrogens with zero attached hydrogens (tertiary/aromatic N) is 1. The standard InChI is InChI=1S/C21H25ClN2O2/c1-2-26-20-10-6-5-8-18(20)23-21(25)24-15-7-3-4-9-19(24)16-11-13-17(22)14-12-16/h5-6,8,10-14,19H,2-4,7,9,15H2,1H3,(H,23,25)/t19-/m1/s1. The van der Waals surface area contributed by atoms with Gasteiger partial charge in [0.25, 0.3) is 0 Å². The second-order valence-corrected chi connectivity index (χ2v) is 6.91. The van der Waals surface area contributed by atoms with Crippen molar-refractivity contribution < 1.29 is 9.53 Å². The highest BCUT2D eigenvalue weighted by Gasteiger charge is 2.27.